The van der Waals surface area contributed by atoms with E-state index in [1.165, 1.54) is 11.3 Å². The molecule has 2 aromatic carbocycles. The maximum Gasteiger partial charge on any atom is 0.261 e. The zero-order valence-corrected chi connectivity index (χ0v) is 16.7. The van der Waals surface area contributed by atoms with Gasteiger partial charge in [0.1, 0.15) is 5.41 Å². The molecule has 1 N–H and O–H groups in total. The minimum absolute atomic E-state index is 0.00247. The minimum atomic E-state index is -0.682. The number of carbonyl (C=O) groups excluding carboxylic acids is 1. The number of rotatable bonds is 3. The molecule has 0 bridgehead atoms. The Bertz CT molecular complexity index is 960. The predicted molar refractivity (Wildman–Crippen MR) is 114 cm³/mol. The number of nitrogens with zero attached hydrogens (tertiary/aromatic N) is 4. The van der Waals surface area contributed by atoms with Crippen LogP contribution in [0.3, 0.4) is 0 Å². The highest BCUT2D eigenvalue weighted by atomic mass is 16.3. The fraction of sp³-hybridized carbons (Fsp3) is 0.391. The lowest BCUT2D eigenvalue weighted by atomic mass is 9.67. The van der Waals surface area contributed by atoms with Gasteiger partial charge in [0.25, 0.3) is 5.91 Å². The molecule has 2 aromatic rings. The van der Waals surface area contributed by atoms with Crippen LogP contribution in [0.2, 0.25) is 0 Å². The number of amides is 1. The average Bonchev–Trinajstić information content (AvgIpc) is 3.00. The molecule has 3 aliphatic heterocycles. The Morgan fingerprint density at radius 1 is 1.10 bits per heavy atom. The molecule has 1 saturated heterocycles. The smallest absolute Gasteiger partial charge is 0.261 e. The lowest BCUT2D eigenvalue weighted by molar-refractivity contribution is -0.125. The van der Waals surface area contributed by atoms with Crippen LogP contribution in [-0.2, 0) is 11.2 Å². The third kappa shape index (κ3) is 2.70. The number of aliphatic hydroxyl groups excluding tert-OH is 1. The second-order valence-electron chi connectivity index (χ2n) is 8.15. The van der Waals surface area contributed by atoms with Gasteiger partial charge in [-0.05, 0) is 37.1 Å². The van der Waals surface area contributed by atoms with Crippen LogP contribution >= 0.6 is 0 Å². The van der Waals surface area contributed by atoms with Crippen molar-refractivity contribution < 1.29 is 9.90 Å². The monoisotopic (exact) mass is 390 g/mol. The molecule has 1 spiro atoms. The molecule has 29 heavy (non-hydrogen) atoms. The quantitative estimate of drug-likeness (QED) is 0.872. The molecule has 6 nitrogen and oxygen atoms in total. The fourth-order valence-corrected chi connectivity index (χ4v) is 5.21. The van der Waals surface area contributed by atoms with Crippen LogP contribution < -0.4 is 9.91 Å². The standard InChI is InChI=1S/C23H26N4O2/c1-17-23(22(29)27(24-17)19-8-3-2-4-9-19)15-18-7-5-6-10-20(18)26-12-11-25(13-14-28)16-21(23)26/h2-10,21,28H,11-16H2,1H3/t21-,23-/m1/s1. The molecule has 3 aliphatic rings. The van der Waals surface area contributed by atoms with Crippen molar-refractivity contribution in [3.63, 3.8) is 0 Å². The van der Waals surface area contributed by atoms with E-state index in [1.54, 1.807) is 5.01 Å². The van der Waals surface area contributed by atoms with Crippen LogP contribution in [0.5, 0.6) is 0 Å². The molecule has 1 fully saturated rings. The fourth-order valence-electron chi connectivity index (χ4n) is 5.21. The maximum absolute atomic E-state index is 13.9. The van der Waals surface area contributed by atoms with Gasteiger partial charge in [-0.3, -0.25) is 9.69 Å². The first-order chi connectivity index (χ1) is 14.1. The molecule has 0 radical (unpaired) electrons. The van der Waals surface area contributed by atoms with E-state index in [9.17, 15) is 9.90 Å². The molecule has 2 atom stereocenters. The van der Waals surface area contributed by atoms with E-state index in [0.29, 0.717) is 13.0 Å². The van der Waals surface area contributed by atoms with Crippen LogP contribution in [0.25, 0.3) is 0 Å². The second kappa shape index (κ2) is 6.97. The number of hydrogen-bond acceptors (Lipinski definition) is 5. The molecule has 3 heterocycles. The van der Waals surface area contributed by atoms with Gasteiger partial charge in [-0.25, -0.2) is 0 Å². The van der Waals surface area contributed by atoms with Gasteiger partial charge in [0.05, 0.1) is 24.0 Å². The van der Waals surface area contributed by atoms with Gasteiger partial charge < -0.3 is 10.0 Å². The van der Waals surface area contributed by atoms with E-state index in [2.05, 4.69) is 34.1 Å². The summed E-state index contributed by atoms with van der Waals surface area (Å²) < 4.78 is 0. The number of carbonyl (C=O) groups is 1. The molecule has 150 valence electrons. The number of hydrazone groups is 1. The van der Waals surface area contributed by atoms with Gasteiger partial charge in [-0.1, -0.05) is 36.4 Å². The van der Waals surface area contributed by atoms with Crippen molar-refractivity contribution in [2.75, 3.05) is 42.7 Å². The molecule has 5 rings (SSSR count). The lowest BCUT2D eigenvalue weighted by Crippen LogP contribution is -2.67. The zero-order chi connectivity index (χ0) is 20.0. The van der Waals surface area contributed by atoms with Crippen molar-refractivity contribution in [2.45, 2.75) is 19.4 Å². The highest BCUT2D eigenvalue weighted by Gasteiger charge is 2.59. The second-order valence-corrected chi connectivity index (χ2v) is 8.15. The van der Waals surface area contributed by atoms with E-state index in [4.69, 9.17) is 5.10 Å². The summed E-state index contributed by atoms with van der Waals surface area (Å²) in [5.41, 5.74) is 3.43. The van der Waals surface area contributed by atoms with Crippen molar-refractivity contribution in [2.24, 2.45) is 10.5 Å². The van der Waals surface area contributed by atoms with Crippen LogP contribution in [0.1, 0.15) is 12.5 Å². The number of para-hydroxylation sites is 2. The van der Waals surface area contributed by atoms with Crippen molar-refractivity contribution in [1.29, 1.82) is 0 Å². The molecular formula is C23H26N4O2. The summed E-state index contributed by atoms with van der Waals surface area (Å²) in [4.78, 5) is 18.6. The topological polar surface area (TPSA) is 59.4 Å². The number of β-amino-alcohol motifs (C(OH)–C–C–N with tert-alkyl or cyclic N) is 1. The number of anilines is 2. The van der Waals surface area contributed by atoms with Gasteiger partial charge in [-0.2, -0.15) is 10.1 Å². The van der Waals surface area contributed by atoms with Gasteiger partial charge in [0.2, 0.25) is 0 Å². The van der Waals surface area contributed by atoms with Gasteiger partial charge in [0, 0.05) is 31.9 Å². The summed E-state index contributed by atoms with van der Waals surface area (Å²) in [7, 11) is 0. The van der Waals surface area contributed by atoms with E-state index in [0.717, 1.165) is 31.0 Å². The summed E-state index contributed by atoms with van der Waals surface area (Å²) in [6.07, 6.45) is 0.662. The van der Waals surface area contributed by atoms with Gasteiger partial charge >= 0.3 is 0 Å². The van der Waals surface area contributed by atoms with Crippen LogP contribution in [0, 0.1) is 5.41 Å². The molecule has 0 aromatic heterocycles. The summed E-state index contributed by atoms with van der Waals surface area (Å²) in [6, 6.07) is 18.1. The van der Waals surface area contributed by atoms with Crippen molar-refractivity contribution in [1.82, 2.24) is 4.90 Å². The highest BCUT2D eigenvalue weighted by molar-refractivity contribution is 6.20. The minimum Gasteiger partial charge on any atom is -0.395 e. The number of benzene rings is 2. The van der Waals surface area contributed by atoms with Crippen LogP contribution in [0.15, 0.2) is 59.7 Å². The SMILES string of the molecule is CC1=NN(c2ccccc2)C(=O)[C@]12Cc1ccccc1N1CCN(CCO)C[C@@H]12. The van der Waals surface area contributed by atoms with E-state index in [-0.39, 0.29) is 18.6 Å². The van der Waals surface area contributed by atoms with Crippen LogP contribution in [-0.4, -0.2) is 60.5 Å². The van der Waals surface area contributed by atoms with E-state index in [1.807, 2.05) is 37.3 Å². The van der Waals surface area contributed by atoms with Crippen LogP contribution in [0.4, 0.5) is 11.4 Å². The molecule has 6 heteroatoms. The van der Waals surface area contributed by atoms with Crippen molar-refractivity contribution in [3.8, 4) is 0 Å². The van der Waals surface area contributed by atoms with Crippen molar-refractivity contribution in [3.05, 3.63) is 60.2 Å². The van der Waals surface area contributed by atoms with E-state index >= 15 is 0 Å². The molecule has 1 amide bonds. The lowest BCUT2D eigenvalue weighted by Gasteiger charge is -2.53. The largest absolute Gasteiger partial charge is 0.395 e. The number of hydrogen-bond donors (Lipinski definition) is 1. The maximum atomic E-state index is 13.9. The Morgan fingerprint density at radius 2 is 1.86 bits per heavy atom. The molecular weight excluding hydrogens is 364 g/mol. The van der Waals surface area contributed by atoms with Gasteiger partial charge in [-0.15, -0.1) is 0 Å². The van der Waals surface area contributed by atoms with Crippen molar-refractivity contribution >= 4 is 23.0 Å². The highest BCUT2D eigenvalue weighted by Crippen LogP contribution is 2.48. The number of aliphatic hydroxyl groups is 1. The first kappa shape index (κ1) is 18.3. The third-order valence-corrected chi connectivity index (χ3v) is 6.69. The Kier molecular flexibility index (Phi) is 4.41. The number of piperazine rings is 1. The Morgan fingerprint density at radius 3 is 2.66 bits per heavy atom. The average molecular weight is 390 g/mol. The Balaban J connectivity index is 1.61. The summed E-state index contributed by atoms with van der Waals surface area (Å²) in [5.74, 6) is 0.0524. The van der Waals surface area contributed by atoms with E-state index < -0.39 is 5.41 Å². The summed E-state index contributed by atoms with van der Waals surface area (Å²) >= 11 is 0. The first-order valence-electron chi connectivity index (χ1n) is 10.3. The van der Waals surface area contributed by atoms with Gasteiger partial charge in [0.15, 0.2) is 0 Å². The molecule has 0 aliphatic carbocycles. The number of fused-ring (bicyclic) bond motifs is 4. The zero-order valence-electron chi connectivity index (χ0n) is 16.7. The summed E-state index contributed by atoms with van der Waals surface area (Å²) in [6.45, 7) is 5.24. The molecule has 0 unspecified atom stereocenters. The summed E-state index contributed by atoms with van der Waals surface area (Å²) in [5, 5.41) is 15.8. The predicted octanol–water partition coefficient (Wildman–Crippen LogP) is 2.13. The normalized spacial score (nSPS) is 26.5. The third-order valence-electron chi connectivity index (χ3n) is 6.69. The Hall–Kier alpha value is -2.70. The first-order valence-corrected chi connectivity index (χ1v) is 10.3. The Labute approximate surface area is 171 Å². The molecule has 0 saturated carbocycles.